The molecule has 0 spiro atoms. The molecule has 0 saturated heterocycles. The summed E-state index contributed by atoms with van der Waals surface area (Å²) in [6.45, 7) is 14.3. The van der Waals surface area contributed by atoms with Crippen LogP contribution < -0.4 is 11.1 Å². The molecule has 1 saturated carbocycles. The number of nitrogens with one attached hydrogen (secondary N) is 1. The molecule has 0 bridgehead atoms. The summed E-state index contributed by atoms with van der Waals surface area (Å²) in [5.41, 5.74) is 11.2. The number of benzene rings is 1. The zero-order chi connectivity index (χ0) is 24.7. The summed E-state index contributed by atoms with van der Waals surface area (Å²) in [7, 11) is 0. The largest absolute Gasteiger partial charge is 0.446 e. The highest BCUT2D eigenvalue weighted by Gasteiger charge is 2.51. The van der Waals surface area contributed by atoms with E-state index in [1.54, 1.807) is 0 Å². The van der Waals surface area contributed by atoms with Crippen LogP contribution in [0, 0.1) is 17.3 Å². The van der Waals surface area contributed by atoms with Gasteiger partial charge in [0.05, 0.1) is 6.04 Å². The minimum absolute atomic E-state index is 0.0533. The van der Waals surface area contributed by atoms with E-state index in [1.165, 1.54) is 42.2 Å². The number of nitrogens with zero attached hydrogens (tertiary/aromatic N) is 1. The van der Waals surface area contributed by atoms with Gasteiger partial charge < -0.3 is 15.5 Å². The smallest absolute Gasteiger partial charge is 0.273 e. The van der Waals surface area contributed by atoms with E-state index >= 15 is 0 Å². The van der Waals surface area contributed by atoms with E-state index in [2.05, 4.69) is 70.0 Å². The molecule has 186 valence electrons. The highest BCUT2D eigenvalue weighted by atomic mass is 16.3. The lowest BCUT2D eigenvalue weighted by atomic mass is 9.49. The van der Waals surface area contributed by atoms with Crippen LogP contribution in [-0.4, -0.2) is 17.4 Å². The molecule has 2 aromatic rings. The topological polar surface area (TPSA) is 81.1 Å². The lowest BCUT2D eigenvalue weighted by Gasteiger charge is -2.55. The first-order chi connectivity index (χ1) is 16.0. The Morgan fingerprint density at radius 2 is 2.00 bits per heavy atom. The molecule has 2 aliphatic carbocycles. The predicted octanol–water partition coefficient (Wildman–Crippen LogP) is 6.28. The van der Waals surface area contributed by atoms with Gasteiger partial charge in [0.2, 0.25) is 5.89 Å². The second-order valence-electron chi connectivity index (χ2n) is 12.1. The van der Waals surface area contributed by atoms with E-state index in [-0.39, 0.29) is 22.8 Å². The Hall–Kier alpha value is -2.14. The molecule has 1 heterocycles. The van der Waals surface area contributed by atoms with Gasteiger partial charge >= 0.3 is 0 Å². The van der Waals surface area contributed by atoms with Crippen molar-refractivity contribution >= 4 is 5.91 Å². The van der Waals surface area contributed by atoms with Crippen molar-refractivity contribution in [2.45, 2.75) is 97.4 Å². The van der Waals surface area contributed by atoms with Gasteiger partial charge in [-0.25, -0.2) is 4.98 Å². The van der Waals surface area contributed by atoms with Gasteiger partial charge in [-0.1, -0.05) is 66.2 Å². The molecule has 1 aromatic heterocycles. The summed E-state index contributed by atoms with van der Waals surface area (Å²) in [6.07, 6.45) is 8.06. The molecular formula is C29H43N3O2. The van der Waals surface area contributed by atoms with E-state index in [0.717, 1.165) is 19.3 Å². The van der Waals surface area contributed by atoms with Gasteiger partial charge in [-0.05, 0) is 77.4 Å². The Bertz CT molecular complexity index is 1030. The summed E-state index contributed by atoms with van der Waals surface area (Å²) in [5, 5.41) is 3.20. The highest BCUT2D eigenvalue weighted by molar-refractivity contribution is 5.91. The third kappa shape index (κ3) is 4.68. The summed E-state index contributed by atoms with van der Waals surface area (Å²) >= 11 is 0. The van der Waals surface area contributed by atoms with Crippen LogP contribution in [0.25, 0.3) is 0 Å². The average molecular weight is 466 g/mol. The van der Waals surface area contributed by atoms with Crippen LogP contribution in [0.4, 0.5) is 0 Å². The quantitative estimate of drug-likeness (QED) is 0.504. The Kier molecular flexibility index (Phi) is 6.97. The molecule has 3 N–H and O–H groups in total. The standard InChI is InChI=1S/C29H43N3O2/c1-18(2)14-23(30)27-32-24(16-34-27)26(33)31-17-28(5)12-7-13-29(6)22-10-8-20(19(3)4)15-21(22)9-11-25(28)29/h8,10,15-16,18-19,23,25H,7,9,11-14,17,30H2,1-6H3,(H,31,33). The maximum Gasteiger partial charge on any atom is 0.273 e. The van der Waals surface area contributed by atoms with Gasteiger partial charge in [-0.2, -0.15) is 0 Å². The minimum atomic E-state index is -0.281. The zero-order valence-electron chi connectivity index (χ0n) is 21.9. The fraction of sp³-hybridized carbons (Fsp3) is 0.655. The van der Waals surface area contributed by atoms with Crippen molar-refractivity contribution < 1.29 is 9.21 Å². The third-order valence-electron chi connectivity index (χ3n) is 8.62. The van der Waals surface area contributed by atoms with Gasteiger partial charge in [0.25, 0.3) is 5.91 Å². The maximum atomic E-state index is 13.0. The molecule has 1 aromatic carbocycles. The number of nitrogens with two attached hydrogens (primary N) is 1. The van der Waals surface area contributed by atoms with Crippen LogP contribution in [0.2, 0.25) is 0 Å². The van der Waals surface area contributed by atoms with Crippen molar-refractivity contribution in [1.82, 2.24) is 10.3 Å². The number of oxazole rings is 1. The number of rotatable bonds is 7. The normalized spacial score (nSPS) is 27.4. The van der Waals surface area contributed by atoms with Gasteiger partial charge in [-0.15, -0.1) is 0 Å². The van der Waals surface area contributed by atoms with Crippen LogP contribution in [-0.2, 0) is 11.8 Å². The molecule has 0 radical (unpaired) electrons. The van der Waals surface area contributed by atoms with Crippen molar-refractivity contribution in [1.29, 1.82) is 0 Å². The summed E-state index contributed by atoms with van der Waals surface area (Å²) in [6, 6.07) is 6.90. The molecule has 1 amide bonds. The van der Waals surface area contributed by atoms with Crippen molar-refractivity contribution in [3.63, 3.8) is 0 Å². The zero-order valence-corrected chi connectivity index (χ0v) is 21.9. The Morgan fingerprint density at radius 1 is 1.24 bits per heavy atom. The number of fused-ring (bicyclic) bond motifs is 3. The summed E-state index contributed by atoms with van der Waals surface area (Å²) in [4.78, 5) is 17.3. The number of aromatic nitrogens is 1. The molecule has 0 aliphatic heterocycles. The van der Waals surface area contributed by atoms with E-state index in [1.807, 2.05) is 0 Å². The van der Waals surface area contributed by atoms with E-state index in [9.17, 15) is 4.79 Å². The third-order valence-corrected chi connectivity index (χ3v) is 8.62. The van der Waals surface area contributed by atoms with Crippen molar-refractivity contribution in [3.05, 3.63) is 52.7 Å². The number of carbonyl (C=O) groups excluding carboxylic acids is 1. The lowest BCUT2D eigenvalue weighted by molar-refractivity contribution is 0.0254. The first-order valence-electron chi connectivity index (χ1n) is 13.2. The van der Waals surface area contributed by atoms with E-state index < -0.39 is 0 Å². The van der Waals surface area contributed by atoms with Crippen LogP contribution in [0.15, 0.2) is 28.9 Å². The van der Waals surface area contributed by atoms with E-state index in [0.29, 0.717) is 35.9 Å². The first kappa shape index (κ1) is 25.0. The molecule has 5 nitrogen and oxygen atoms in total. The van der Waals surface area contributed by atoms with Crippen LogP contribution >= 0.6 is 0 Å². The molecular weight excluding hydrogens is 422 g/mol. The maximum absolute atomic E-state index is 13.0. The minimum Gasteiger partial charge on any atom is -0.446 e. The Balaban J connectivity index is 1.48. The summed E-state index contributed by atoms with van der Waals surface area (Å²) in [5.74, 6) is 1.81. The highest BCUT2D eigenvalue weighted by Crippen LogP contribution is 2.57. The number of hydrogen-bond acceptors (Lipinski definition) is 4. The molecule has 5 heteroatoms. The summed E-state index contributed by atoms with van der Waals surface area (Å²) < 4.78 is 5.54. The molecule has 4 unspecified atom stereocenters. The van der Waals surface area contributed by atoms with Crippen molar-refractivity contribution in [3.8, 4) is 0 Å². The number of aryl methyl sites for hydroxylation is 1. The fourth-order valence-electron chi connectivity index (χ4n) is 6.76. The second kappa shape index (κ2) is 9.49. The number of carbonyl (C=O) groups is 1. The molecule has 1 fully saturated rings. The predicted molar refractivity (Wildman–Crippen MR) is 137 cm³/mol. The van der Waals surface area contributed by atoms with Gasteiger partial charge in [0.1, 0.15) is 6.26 Å². The first-order valence-corrected chi connectivity index (χ1v) is 13.2. The van der Waals surface area contributed by atoms with E-state index in [4.69, 9.17) is 10.2 Å². The number of hydrogen-bond donors (Lipinski definition) is 2. The van der Waals surface area contributed by atoms with Crippen molar-refractivity contribution in [2.24, 2.45) is 23.0 Å². The Morgan fingerprint density at radius 3 is 2.71 bits per heavy atom. The van der Waals surface area contributed by atoms with Gasteiger partial charge in [0, 0.05) is 6.54 Å². The molecule has 2 aliphatic rings. The van der Waals surface area contributed by atoms with Crippen LogP contribution in [0.5, 0.6) is 0 Å². The molecule has 34 heavy (non-hydrogen) atoms. The number of amides is 1. The van der Waals surface area contributed by atoms with Crippen LogP contribution in [0.3, 0.4) is 0 Å². The van der Waals surface area contributed by atoms with Crippen molar-refractivity contribution in [2.75, 3.05) is 6.54 Å². The second-order valence-corrected chi connectivity index (χ2v) is 12.1. The van der Waals surface area contributed by atoms with Crippen LogP contribution in [0.1, 0.15) is 119 Å². The molecule has 4 atom stereocenters. The SMILES string of the molecule is CC(C)CC(N)c1nc(C(=O)NCC2(C)CCCC3(C)c4ccc(C(C)C)cc4CCC23)co1. The Labute approximate surface area is 205 Å². The average Bonchev–Trinajstić information content (AvgIpc) is 3.27. The molecule has 4 rings (SSSR count). The monoisotopic (exact) mass is 465 g/mol. The van der Waals surface area contributed by atoms with Gasteiger partial charge in [-0.3, -0.25) is 4.79 Å². The lowest BCUT2D eigenvalue weighted by Crippen LogP contribution is -2.53. The fourth-order valence-corrected chi connectivity index (χ4v) is 6.76. The van der Waals surface area contributed by atoms with Gasteiger partial charge in [0.15, 0.2) is 5.69 Å².